The molecule has 0 aliphatic rings. The molecule has 182 valence electrons. The van der Waals surface area contributed by atoms with E-state index in [0.29, 0.717) is 17.8 Å². The van der Waals surface area contributed by atoms with Crippen LogP contribution in [0.4, 0.5) is 5.69 Å². The molecule has 0 saturated heterocycles. The maximum atomic E-state index is 10.7. The van der Waals surface area contributed by atoms with Crippen LogP contribution in [-0.4, -0.2) is 33.2 Å². The second-order valence-corrected chi connectivity index (χ2v) is 6.28. The Hall–Kier alpha value is -5.63. The average molecular weight is 488 g/mol. The van der Waals surface area contributed by atoms with Crippen LogP contribution in [0.15, 0.2) is 71.0 Å². The number of rotatable bonds is 8. The third kappa shape index (κ3) is 11.8. The molecule has 0 aliphatic heterocycles. The van der Waals surface area contributed by atoms with Gasteiger partial charge in [0, 0.05) is 22.0 Å². The molecule has 1 aromatic heterocycles. The van der Waals surface area contributed by atoms with Gasteiger partial charge < -0.3 is 4.74 Å². The van der Waals surface area contributed by atoms with Crippen LogP contribution in [0.3, 0.4) is 0 Å². The molecule has 1 N–H and O–H groups in total. The number of azide groups is 2. The molecule has 0 amide bonds. The van der Waals surface area contributed by atoms with Crippen molar-refractivity contribution in [2.45, 2.75) is 13.1 Å². The molecule has 14 heteroatoms. The van der Waals surface area contributed by atoms with E-state index in [1.54, 1.807) is 19.2 Å². The number of carbonyl (C=O) groups excluding carboxylic acids is 1. The van der Waals surface area contributed by atoms with Crippen molar-refractivity contribution in [2.75, 3.05) is 7.11 Å². The molecule has 0 bridgehead atoms. The predicted octanol–water partition coefficient (Wildman–Crippen LogP) is 4.93. The summed E-state index contributed by atoms with van der Waals surface area (Å²) in [5.74, 6) is 2.30. The molecule has 0 aliphatic carbocycles. The molecule has 3 aromatic rings. The van der Waals surface area contributed by atoms with Gasteiger partial charge in [0.1, 0.15) is 5.75 Å². The SMILES string of the molecule is C#CC(=O)/C=C/c1ccc([N+](=O)[O-])cc1.COc1ccc(CN=[N+]=[N-])cc1.[N-]=[N+]=NCc1cn[nH]n1. The number of terminal acetylenes is 1. The number of nitrogens with zero attached hydrogens (tertiary/aromatic N) is 9. The number of hydrogen-bond donors (Lipinski definition) is 1. The number of ether oxygens (including phenoxy) is 1. The Morgan fingerprint density at radius 1 is 1.17 bits per heavy atom. The number of allylic oxidation sites excluding steroid dienone is 1. The molecule has 0 atom stereocenters. The molecule has 3 rings (SSSR count). The normalized spacial score (nSPS) is 9.11. The van der Waals surface area contributed by atoms with Crippen molar-refractivity contribution in [1.82, 2.24) is 15.4 Å². The molecule has 36 heavy (non-hydrogen) atoms. The zero-order chi connectivity index (χ0) is 26.6. The number of aromatic amines is 1. The van der Waals surface area contributed by atoms with Crippen molar-refractivity contribution in [3.05, 3.63) is 109 Å². The Balaban J connectivity index is 0.000000279. The number of carbonyl (C=O) groups is 1. The van der Waals surface area contributed by atoms with E-state index in [9.17, 15) is 14.9 Å². The predicted molar refractivity (Wildman–Crippen MR) is 131 cm³/mol. The summed E-state index contributed by atoms with van der Waals surface area (Å²) in [5.41, 5.74) is 18.2. The average Bonchev–Trinajstić information content (AvgIpc) is 3.44. The van der Waals surface area contributed by atoms with Crippen LogP contribution in [0.5, 0.6) is 5.75 Å². The molecule has 1 heterocycles. The number of nitro groups is 1. The molecule has 0 fully saturated rings. The molecule has 14 nitrogen and oxygen atoms in total. The van der Waals surface area contributed by atoms with Crippen LogP contribution in [0.1, 0.15) is 16.8 Å². The number of ketones is 1. The molecule has 0 spiro atoms. The van der Waals surface area contributed by atoms with E-state index in [0.717, 1.165) is 11.3 Å². The second-order valence-electron chi connectivity index (χ2n) is 6.28. The van der Waals surface area contributed by atoms with Crippen LogP contribution in [0, 0.1) is 22.5 Å². The summed E-state index contributed by atoms with van der Waals surface area (Å²) in [5, 5.41) is 26.6. The second kappa shape index (κ2) is 16.9. The van der Waals surface area contributed by atoms with Gasteiger partial charge in [-0.15, -0.1) is 6.42 Å². The van der Waals surface area contributed by atoms with Gasteiger partial charge in [-0.05, 0) is 58.5 Å². The zero-order valence-corrected chi connectivity index (χ0v) is 19.0. The number of methoxy groups -OCH3 is 1. The largest absolute Gasteiger partial charge is 0.497 e. The molecule has 0 unspecified atom stereocenters. The van der Waals surface area contributed by atoms with E-state index in [-0.39, 0.29) is 12.2 Å². The van der Waals surface area contributed by atoms with Gasteiger partial charge in [-0.2, -0.15) is 15.4 Å². The molecular formula is C22H20N10O4. The Kier molecular flexibility index (Phi) is 13.4. The Morgan fingerprint density at radius 2 is 1.81 bits per heavy atom. The minimum atomic E-state index is -0.486. The summed E-state index contributed by atoms with van der Waals surface area (Å²) in [7, 11) is 1.61. The first-order valence-electron chi connectivity index (χ1n) is 9.85. The van der Waals surface area contributed by atoms with E-state index < -0.39 is 10.7 Å². The van der Waals surface area contributed by atoms with Crippen LogP contribution in [0.2, 0.25) is 0 Å². The third-order valence-corrected chi connectivity index (χ3v) is 3.91. The van der Waals surface area contributed by atoms with Crippen molar-refractivity contribution in [2.24, 2.45) is 10.2 Å². The van der Waals surface area contributed by atoms with E-state index in [2.05, 4.69) is 35.5 Å². The monoisotopic (exact) mass is 488 g/mol. The van der Waals surface area contributed by atoms with Crippen molar-refractivity contribution >= 4 is 17.5 Å². The van der Waals surface area contributed by atoms with Gasteiger partial charge >= 0.3 is 0 Å². The van der Waals surface area contributed by atoms with Gasteiger partial charge in [-0.3, -0.25) is 14.9 Å². The van der Waals surface area contributed by atoms with Gasteiger partial charge in [0.15, 0.2) is 0 Å². The summed E-state index contributed by atoms with van der Waals surface area (Å²) in [6, 6.07) is 13.2. The van der Waals surface area contributed by atoms with Gasteiger partial charge in [-0.25, -0.2) is 0 Å². The molecule has 0 saturated carbocycles. The highest BCUT2D eigenvalue weighted by Crippen LogP contribution is 2.13. The van der Waals surface area contributed by atoms with E-state index >= 15 is 0 Å². The first-order chi connectivity index (χ1) is 17.4. The number of non-ortho nitro benzene ring substituents is 1. The van der Waals surface area contributed by atoms with Gasteiger partial charge in [0.05, 0.1) is 37.0 Å². The topological polar surface area (TPSA) is 209 Å². The number of benzene rings is 2. The fourth-order valence-corrected chi connectivity index (χ4v) is 2.18. The first kappa shape index (κ1) is 28.4. The van der Waals surface area contributed by atoms with Crippen molar-refractivity contribution in [1.29, 1.82) is 0 Å². The first-order valence-corrected chi connectivity index (χ1v) is 9.85. The van der Waals surface area contributed by atoms with Crippen LogP contribution in [-0.2, 0) is 17.9 Å². The summed E-state index contributed by atoms with van der Waals surface area (Å²) >= 11 is 0. The zero-order valence-electron chi connectivity index (χ0n) is 19.0. The molecule has 2 aromatic carbocycles. The highest BCUT2D eigenvalue weighted by molar-refractivity contribution is 6.06. The van der Waals surface area contributed by atoms with Gasteiger partial charge in [0.25, 0.3) is 5.69 Å². The van der Waals surface area contributed by atoms with Crippen molar-refractivity contribution < 1.29 is 14.5 Å². The van der Waals surface area contributed by atoms with Crippen LogP contribution in [0.25, 0.3) is 27.0 Å². The standard InChI is InChI=1S/C11H7NO3.C8H9N3O.C3H4N6/c1-2-11(13)8-5-9-3-6-10(7-4-9)12(14)15;1-12-8-4-2-7(3-5-8)6-10-11-9;4-8-5-1-3-2-6-9-7-3/h1,3-8H;2-5H,6H2,1H3;2H,1H2,(H,6,7,9)/b8-5+;;. The quantitative estimate of drug-likeness (QED) is 0.0678. The summed E-state index contributed by atoms with van der Waals surface area (Å²) in [6.07, 6.45) is 9.11. The Labute approximate surface area is 205 Å². The fraction of sp³-hybridized carbons (Fsp3) is 0.136. The fourth-order valence-electron chi connectivity index (χ4n) is 2.18. The lowest BCUT2D eigenvalue weighted by atomic mass is 10.2. The third-order valence-electron chi connectivity index (χ3n) is 3.91. The number of aromatic nitrogens is 3. The minimum Gasteiger partial charge on any atom is -0.497 e. The van der Waals surface area contributed by atoms with E-state index in [4.69, 9.17) is 22.2 Å². The lowest BCUT2D eigenvalue weighted by Crippen LogP contribution is -1.87. The van der Waals surface area contributed by atoms with E-state index in [1.807, 2.05) is 30.2 Å². The van der Waals surface area contributed by atoms with Crippen LogP contribution < -0.4 is 4.74 Å². The smallest absolute Gasteiger partial charge is 0.269 e. The lowest BCUT2D eigenvalue weighted by molar-refractivity contribution is -0.384. The van der Waals surface area contributed by atoms with E-state index in [1.165, 1.54) is 30.5 Å². The maximum absolute atomic E-state index is 10.7. The summed E-state index contributed by atoms with van der Waals surface area (Å²) in [4.78, 5) is 25.8. The summed E-state index contributed by atoms with van der Waals surface area (Å²) in [6.45, 7) is 0.646. The van der Waals surface area contributed by atoms with Crippen molar-refractivity contribution in [3.63, 3.8) is 0 Å². The van der Waals surface area contributed by atoms with Gasteiger partial charge in [0.2, 0.25) is 5.78 Å². The van der Waals surface area contributed by atoms with Crippen LogP contribution >= 0.6 is 0 Å². The highest BCUT2D eigenvalue weighted by atomic mass is 16.6. The summed E-state index contributed by atoms with van der Waals surface area (Å²) < 4.78 is 4.97. The number of nitrogens with one attached hydrogen (secondary N) is 1. The van der Waals surface area contributed by atoms with Gasteiger partial charge in [-0.1, -0.05) is 28.4 Å². The minimum absolute atomic E-state index is 0.00965. The Bertz CT molecular complexity index is 1270. The Morgan fingerprint density at radius 3 is 2.31 bits per heavy atom. The number of nitro benzene ring substituents is 1. The lowest BCUT2D eigenvalue weighted by Gasteiger charge is -1.99. The molecular weight excluding hydrogens is 468 g/mol. The number of hydrogen-bond acceptors (Lipinski definition) is 8. The van der Waals surface area contributed by atoms with Crippen molar-refractivity contribution in [3.8, 4) is 18.1 Å². The number of H-pyrrole nitrogens is 1. The maximum Gasteiger partial charge on any atom is 0.269 e. The molecule has 0 radical (unpaired) electrons. The highest BCUT2D eigenvalue weighted by Gasteiger charge is 2.02.